The van der Waals surface area contributed by atoms with Gasteiger partial charge in [-0.15, -0.1) is 0 Å². The van der Waals surface area contributed by atoms with Crippen LogP contribution in [0.5, 0.6) is 11.5 Å². The van der Waals surface area contributed by atoms with E-state index in [-0.39, 0.29) is 18.7 Å². The van der Waals surface area contributed by atoms with E-state index in [1.807, 2.05) is 31.2 Å². The summed E-state index contributed by atoms with van der Waals surface area (Å²) < 4.78 is 11.6. The highest BCUT2D eigenvalue weighted by atomic mass is 79.9. The molecule has 1 atom stereocenters. The lowest BCUT2D eigenvalue weighted by molar-refractivity contribution is 0.0935. The van der Waals surface area contributed by atoms with Crippen LogP contribution in [0.25, 0.3) is 0 Å². The van der Waals surface area contributed by atoms with Crippen LogP contribution in [-0.2, 0) is 0 Å². The first-order valence-corrected chi connectivity index (χ1v) is 7.39. The molecule has 0 bridgehead atoms. The predicted molar refractivity (Wildman–Crippen MR) is 82.6 cm³/mol. The first-order chi connectivity index (χ1) is 10.1. The maximum atomic E-state index is 12.4. The zero-order valence-corrected chi connectivity index (χ0v) is 13.0. The van der Waals surface area contributed by atoms with Crippen molar-refractivity contribution in [2.24, 2.45) is 0 Å². The molecule has 0 radical (unpaired) electrons. The Labute approximate surface area is 131 Å². The number of amides is 1. The predicted octanol–water partition coefficient (Wildman–Crippen LogP) is 3.67. The summed E-state index contributed by atoms with van der Waals surface area (Å²) in [7, 11) is 0. The standard InChI is InChI=1S/C16H14BrNO3/c1-10(11-4-2-5-12(17)8-11)18-16(19)13-6-3-7-14-15(13)21-9-20-14/h2-8,10H,9H2,1H3,(H,18,19). The van der Waals surface area contributed by atoms with E-state index < -0.39 is 0 Å². The molecule has 2 aromatic rings. The molecule has 4 nitrogen and oxygen atoms in total. The van der Waals surface area contributed by atoms with Crippen molar-refractivity contribution < 1.29 is 14.3 Å². The second-order valence-corrected chi connectivity index (χ2v) is 5.71. The molecule has 1 unspecified atom stereocenters. The first kappa shape index (κ1) is 13.9. The van der Waals surface area contributed by atoms with Gasteiger partial charge in [-0.25, -0.2) is 0 Å². The van der Waals surface area contributed by atoms with Crippen molar-refractivity contribution >= 4 is 21.8 Å². The van der Waals surface area contributed by atoms with E-state index in [0.29, 0.717) is 17.1 Å². The van der Waals surface area contributed by atoms with Crippen molar-refractivity contribution in [1.29, 1.82) is 0 Å². The highest BCUT2D eigenvalue weighted by Crippen LogP contribution is 2.35. The number of carbonyl (C=O) groups is 1. The molecule has 3 rings (SSSR count). The van der Waals surface area contributed by atoms with Gasteiger partial charge in [-0.3, -0.25) is 4.79 Å². The number of hydrogen-bond acceptors (Lipinski definition) is 3. The van der Waals surface area contributed by atoms with Gasteiger partial charge in [0.2, 0.25) is 6.79 Å². The van der Waals surface area contributed by atoms with Gasteiger partial charge in [0.15, 0.2) is 11.5 Å². The van der Waals surface area contributed by atoms with Gasteiger partial charge in [-0.05, 0) is 36.8 Å². The lowest BCUT2D eigenvalue weighted by Gasteiger charge is -2.15. The third-order valence-electron chi connectivity index (χ3n) is 3.34. The largest absolute Gasteiger partial charge is 0.454 e. The van der Waals surface area contributed by atoms with Crippen molar-refractivity contribution in [3.63, 3.8) is 0 Å². The van der Waals surface area contributed by atoms with Crippen LogP contribution in [-0.4, -0.2) is 12.7 Å². The number of nitrogens with one attached hydrogen (secondary N) is 1. The minimum Gasteiger partial charge on any atom is -0.454 e. The van der Waals surface area contributed by atoms with Crippen molar-refractivity contribution in [2.75, 3.05) is 6.79 Å². The summed E-state index contributed by atoms with van der Waals surface area (Å²) in [6.07, 6.45) is 0. The Morgan fingerprint density at radius 1 is 1.24 bits per heavy atom. The van der Waals surface area contributed by atoms with Crippen LogP contribution < -0.4 is 14.8 Å². The van der Waals surface area contributed by atoms with Gasteiger partial charge in [-0.2, -0.15) is 0 Å². The highest BCUT2D eigenvalue weighted by Gasteiger charge is 2.22. The second-order valence-electron chi connectivity index (χ2n) is 4.79. The van der Waals surface area contributed by atoms with Crippen LogP contribution in [0.15, 0.2) is 46.9 Å². The van der Waals surface area contributed by atoms with Crippen LogP contribution in [0.3, 0.4) is 0 Å². The Kier molecular flexibility index (Phi) is 3.84. The zero-order valence-electron chi connectivity index (χ0n) is 11.4. The molecule has 21 heavy (non-hydrogen) atoms. The van der Waals surface area contributed by atoms with Gasteiger partial charge >= 0.3 is 0 Å². The summed E-state index contributed by atoms with van der Waals surface area (Å²) in [6, 6.07) is 13.1. The molecular weight excluding hydrogens is 334 g/mol. The molecule has 1 amide bonds. The monoisotopic (exact) mass is 347 g/mol. The number of ether oxygens (including phenoxy) is 2. The van der Waals surface area contributed by atoms with Crippen LogP contribution >= 0.6 is 15.9 Å². The number of para-hydroxylation sites is 1. The smallest absolute Gasteiger partial charge is 0.255 e. The van der Waals surface area contributed by atoms with Gasteiger partial charge < -0.3 is 14.8 Å². The molecule has 0 spiro atoms. The maximum absolute atomic E-state index is 12.4. The molecule has 108 valence electrons. The van der Waals surface area contributed by atoms with E-state index in [2.05, 4.69) is 21.2 Å². The van der Waals surface area contributed by atoms with Crippen LogP contribution in [0.1, 0.15) is 28.9 Å². The molecule has 0 saturated carbocycles. The topological polar surface area (TPSA) is 47.6 Å². The molecule has 0 aromatic heterocycles. The number of fused-ring (bicyclic) bond motifs is 1. The normalized spacial score (nSPS) is 13.8. The minimum atomic E-state index is -0.176. The van der Waals surface area contributed by atoms with Crippen molar-refractivity contribution in [2.45, 2.75) is 13.0 Å². The Morgan fingerprint density at radius 2 is 2.05 bits per heavy atom. The fourth-order valence-electron chi connectivity index (χ4n) is 2.24. The second kappa shape index (κ2) is 5.77. The molecule has 1 aliphatic rings. The molecule has 1 aliphatic heterocycles. The Hall–Kier alpha value is -2.01. The average molecular weight is 348 g/mol. The summed E-state index contributed by atoms with van der Waals surface area (Å²) in [5.41, 5.74) is 1.52. The van der Waals surface area contributed by atoms with E-state index in [1.165, 1.54) is 0 Å². The third kappa shape index (κ3) is 2.88. The van der Waals surface area contributed by atoms with Gasteiger partial charge in [0.1, 0.15) is 0 Å². The van der Waals surface area contributed by atoms with Gasteiger partial charge in [0.05, 0.1) is 11.6 Å². The van der Waals surface area contributed by atoms with E-state index >= 15 is 0 Å². The molecule has 1 heterocycles. The molecule has 0 saturated heterocycles. The molecule has 5 heteroatoms. The SMILES string of the molecule is CC(NC(=O)c1cccc2c1OCO2)c1cccc(Br)c1. The fourth-order valence-corrected chi connectivity index (χ4v) is 2.66. The van der Waals surface area contributed by atoms with Crippen molar-refractivity contribution in [3.05, 3.63) is 58.1 Å². The Bertz CT molecular complexity index is 687. The average Bonchev–Trinajstić information content (AvgIpc) is 2.95. The Balaban J connectivity index is 1.79. The summed E-state index contributed by atoms with van der Waals surface area (Å²) in [6.45, 7) is 2.10. The summed E-state index contributed by atoms with van der Waals surface area (Å²) in [4.78, 5) is 12.4. The number of carbonyl (C=O) groups excluding carboxylic acids is 1. The summed E-state index contributed by atoms with van der Waals surface area (Å²) in [5.74, 6) is 0.944. The maximum Gasteiger partial charge on any atom is 0.255 e. The summed E-state index contributed by atoms with van der Waals surface area (Å²) >= 11 is 3.43. The van der Waals surface area contributed by atoms with E-state index in [1.54, 1.807) is 18.2 Å². The lowest BCUT2D eigenvalue weighted by Crippen LogP contribution is -2.26. The fraction of sp³-hybridized carbons (Fsp3) is 0.188. The Morgan fingerprint density at radius 3 is 2.86 bits per heavy atom. The molecule has 0 aliphatic carbocycles. The van der Waals surface area contributed by atoms with E-state index in [0.717, 1.165) is 10.0 Å². The van der Waals surface area contributed by atoms with Gasteiger partial charge in [0.25, 0.3) is 5.91 Å². The van der Waals surface area contributed by atoms with E-state index in [9.17, 15) is 4.79 Å². The quantitative estimate of drug-likeness (QED) is 0.921. The van der Waals surface area contributed by atoms with Gasteiger partial charge in [0, 0.05) is 4.47 Å². The minimum absolute atomic E-state index is 0.104. The van der Waals surface area contributed by atoms with Crippen molar-refractivity contribution in [3.8, 4) is 11.5 Å². The lowest BCUT2D eigenvalue weighted by atomic mass is 10.1. The molecule has 2 aromatic carbocycles. The van der Waals surface area contributed by atoms with E-state index in [4.69, 9.17) is 9.47 Å². The summed E-state index contributed by atoms with van der Waals surface area (Å²) in [5, 5.41) is 2.97. The van der Waals surface area contributed by atoms with Crippen LogP contribution in [0.4, 0.5) is 0 Å². The number of halogens is 1. The molecule has 0 fully saturated rings. The third-order valence-corrected chi connectivity index (χ3v) is 3.83. The van der Waals surface area contributed by atoms with Crippen LogP contribution in [0, 0.1) is 0 Å². The molecular formula is C16H14BrNO3. The number of hydrogen-bond donors (Lipinski definition) is 1. The zero-order chi connectivity index (χ0) is 14.8. The van der Waals surface area contributed by atoms with Crippen LogP contribution in [0.2, 0.25) is 0 Å². The number of benzene rings is 2. The first-order valence-electron chi connectivity index (χ1n) is 6.60. The number of rotatable bonds is 3. The van der Waals surface area contributed by atoms with Crippen molar-refractivity contribution in [1.82, 2.24) is 5.32 Å². The highest BCUT2D eigenvalue weighted by molar-refractivity contribution is 9.10. The molecule has 1 N–H and O–H groups in total. The van der Waals surface area contributed by atoms with Gasteiger partial charge in [-0.1, -0.05) is 34.1 Å².